The van der Waals surface area contributed by atoms with Crippen LogP contribution in [0.15, 0.2) is 12.3 Å². The lowest BCUT2D eigenvalue weighted by Crippen LogP contribution is -2.18. The second-order valence-corrected chi connectivity index (χ2v) is 5.36. The van der Waals surface area contributed by atoms with E-state index in [-0.39, 0.29) is 6.23 Å². The summed E-state index contributed by atoms with van der Waals surface area (Å²) >= 11 is 6.28. The van der Waals surface area contributed by atoms with Crippen LogP contribution in [0.25, 0.3) is 10.9 Å². The van der Waals surface area contributed by atoms with Gasteiger partial charge < -0.3 is 4.74 Å². The zero-order chi connectivity index (χ0) is 16.7. The Kier molecular flexibility index (Phi) is 7.91. The molecule has 1 saturated heterocycles. The molecule has 0 amide bonds. The van der Waals surface area contributed by atoms with E-state index in [0.717, 1.165) is 35.6 Å². The number of halogens is 1. The minimum absolute atomic E-state index is 0.0643. The Labute approximate surface area is 139 Å². The van der Waals surface area contributed by atoms with Crippen molar-refractivity contribution in [2.45, 2.75) is 67.0 Å². The van der Waals surface area contributed by atoms with Crippen LogP contribution in [0.2, 0.25) is 5.02 Å². The normalized spacial score (nSPS) is 17.3. The number of fused-ring (bicyclic) bond motifs is 1. The molecule has 0 aliphatic carbocycles. The molecule has 1 atom stereocenters. The monoisotopic (exact) mass is 324 g/mol. The third-order valence-electron chi connectivity index (χ3n) is 3.85. The van der Waals surface area contributed by atoms with Gasteiger partial charge in [0.15, 0.2) is 6.23 Å². The molecular weight excluding hydrogens is 296 g/mol. The number of hydrogen-bond donors (Lipinski definition) is 0. The highest BCUT2D eigenvalue weighted by molar-refractivity contribution is 6.32. The minimum atomic E-state index is 0.0643. The molecule has 124 valence electrons. The van der Waals surface area contributed by atoms with Crippen LogP contribution in [-0.2, 0) is 4.74 Å². The number of rotatable bonds is 1. The topological polar surface area (TPSA) is 27.1 Å². The van der Waals surface area contributed by atoms with Crippen molar-refractivity contribution in [1.29, 1.82) is 0 Å². The summed E-state index contributed by atoms with van der Waals surface area (Å²) in [5.41, 5.74) is 3.42. The van der Waals surface area contributed by atoms with Crippen LogP contribution in [0.4, 0.5) is 0 Å². The summed E-state index contributed by atoms with van der Waals surface area (Å²) in [4.78, 5) is 0. The quantitative estimate of drug-likeness (QED) is 0.637. The van der Waals surface area contributed by atoms with Crippen LogP contribution < -0.4 is 0 Å². The SMILES string of the molecule is CC.CC.Cc1c(Cl)cc2c(cnn2C2CCCCO2)c1C. The van der Waals surface area contributed by atoms with Gasteiger partial charge in [-0.25, -0.2) is 4.68 Å². The van der Waals surface area contributed by atoms with Gasteiger partial charge in [-0.2, -0.15) is 5.10 Å². The maximum Gasteiger partial charge on any atom is 0.150 e. The van der Waals surface area contributed by atoms with Crippen LogP contribution >= 0.6 is 11.6 Å². The van der Waals surface area contributed by atoms with E-state index in [1.165, 1.54) is 17.4 Å². The van der Waals surface area contributed by atoms with Crippen LogP contribution in [-0.4, -0.2) is 16.4 Å². The smallest absolute Gasteiger partial charge is 0.150 e. The Morgan fingerprint density at radius 3 is 2.41 bits per heavy atom. The van der Waals surface area contributed by atoms with Gasteiger partial charge in [0.1, 0.15) is 0 Å². The summed E-state index contributed by atoms with van der Waals surface area (Å²) in [5, 5.41) is 6.47. The fraction of sp³-hybridized carbons (Fsp3) is 0.611. The van der Waals surface area contributed by atoms with Crippen molar-refractivity contribution >= 4 is 22.5 Å². The Bertz CT molecular complexity index is 586. The van der Waals surface area contributed by atoms with E-state index in [9.17, 15) is 0 Å². The molecule has 1 aliphatic heterocycles. The zero-order valence-corrected chi connectivity index (χ0v) is 15.5. The molecule has 0 radical (unpaired) electrons. The summed E-state index contributed by atoms with van der Waals surface area (Å²) < 4.78 is 7.78. The van der Waals surface area contributed by atoms with Crippen molar-refractivity contribution in [3.05, 3.63) is 28.4 Å². The fourth-order valence-corrected chi connectivity index (χ4v) is 2.81. The highest BCUT2D eigenvalue weighted by atomic mass is 35.5. The molecule has 4 heteroatoms. The van der Waals surface area contributed by atoms with E-state index < -0.39 is 0 Å². The number of aryl methyl sites for hydroxylation is 1. The molecule has 2 heterocycles. The molecule has 1 unspecified atom stereocenters. The Morgan fingerprint density at radius 2 is 1.82 bits per heavy atom. The van der Waals surface area contributed by atoms with Gasteiger partial charge in [0.05, 0.1) is 11.7 Å². The number of ether oxygens (including phenoxy) is 1. The van der Waals surface area contributed by atoms with Crippen LogP contribution in [0.1, 0.15) is 64.3 Å². The number of nitrogens with zero attached hydrogens (tertiary/aromatic N) is 2. The van der Waals surface area contributed by atoms with Crippen molar-refractivity contribution in [3.63, 3.8) is 0 Å². The number of aromatic nitrogens is 2. The zero-order valence-electron chi connectivity index (χ0n) is 14.7. The Balaban J connectivity index is 0.000000561. The second kappa shape index (κ2) is 9.16. The van der Waals surface area contributed by atoms with E-state index >= 15 is 0 Å². The van der Waals surface area contributed by atoms with Gasteiger partial charge in [-0.3, -0.25) is 0 Å². The molecule has 0 spiro atoms. The molecule has 1 aliphatic rings. The number of hydrogen-bond acceptors (Lipinski definition) is 2. The average Bonchev–Trinajstić information content (AvgIpc) is 3.01. The van der Waals surface area contributed by atoms with Crippen LogP contribution in [0.5, 0.6) is 0 Å². The first-order valence-corrected chi connectivity index (χ1v) is 8.81. The van der Waals surface area contributed by atoms with E-state index in [1.807, 2.05) is 51.6 Å². The average molecular weight is 325 g/mol. The molecule has 22 heavy (non-hydrogen) atoms. The van der Waals surface area contributed by atoms with Gasteiger partial charge >= 0.3 is 0 Å². The van der Waals surface area contributed by atoms with Crippen molar-refractivity contribution in [2.75, 3.05) is 6.61 Å². The third kappa shape index (κ3) is 3.82. The molecule has 3 nitrogen and oxygen atoms in total. The predicted octanol–water partition coefficient (Wildman–Crippen LogP) is 6.06. The lowest BCUT2D eigenvalue weighted by Gasteiger charge is -2.23. The van der Waals surface area contributed by atoms with Gasteiger partial charge in [-0.1, -0.05) is 39.3 Å². The fourth-order valence-electron chi connectivity index (χ4n) is 2.56. The number of benzene rings is 1. The van der Waals surface area contributed by atoms with Crippen LogP contribution in [0, 0.1) is 13.8 Å². The molecular formula is C18H29ClN2O. The van der Waals surface area contributed by atoms with Crippen molar-refractivity contribution in [2.24, 2.45) is 0 Å². The van der Waals surface area contributed by atoms with Gasteiger partial charge in [-0.05, 0) is 50.3 Å². The molecule has 1 aromatic carbocycles. The van der Waals surface area contributed by atoms with E-state index in [2.05, 4.69) is 12.0 Å². The van der Waals surface area contributed by atoms with E-state index in [4.69, 9.17) is 16.3 Å². The summed E-state index contributed by atoms with van der Waals surface area (Å²) in [6, 6.07) is 2.00. The highest BCUT2D eigenvalue weighted by Crippen LogP contribution is 2.31. The maximum absolute atomic E-state index is 6.28. The minimum Gasteiger partial charge on any atom is -0.356 e. The first-order chi connectivity index (χ1) is 10.7. The van der Waals surface area contributed by atoms with Crippen molar-refractivity contribution < 1.29 is 4.74 Å². The van der Waals surface area contributed by atoms with Crippen molar-refractivity contribution in [1.82, 2.24) is 9.78 Å². The summed E-state index contributed by atoms with van der Waals surface area (Å²) in [6.07, 6.45) is 5.36. The molecule has 2 aromatic rings. The molecule has 0 N–H and O–H groups in total. The van der Waals surface area contributed by atoms with Crippen LogP contribution in [0.3, 0.4) is 0 Å². The molecule has 3 rings (SSSR count). The molecule has 1 aromatic heterocycles. The van der Waals surface area contributed by atoms with E-state index in [0.29, 0.717) is 0 Å². The summed E-state index contributed by atoms with van der Waals surface area (Å²) in [7, 11) is 0. The van der Waals surface area contributed by atoms with Crippen molar-refractivity contribution in [3.8, 4) is 0 Å². The third-order valence-corrected chi connectivity index (χ3v) is 4.24. The standard InChI is InChI=1S/C14H17ClN2O.2C2H6/c1-9-10(2)12(15)7-13-11(9)8-16-17(13)14-5-3-4-6-18-14;2*1-2/h7-8,14H,3-6H2,1-2H3;2*1-2H3. The maximum atomic E-state index is 6.28. The predicted molar refractivity (Wildman–Crippen MR) is 95.8 cm³/mol. The summed E-state index contributed by atoms with van der Waals surface area (Å²) in [5.74, 6) is 0. The Hall–Kier alpha value is -1.06. The summed E-state index contributed by atoms with van der Waals surface area (Å²) in [6.45, 7) is 13.0. The first kappa shape index (κ1) is 19.0. The van der Waals surface area contributed by atoms with Gasteiger partial charge in [-0.15, -0.1) is 0 Å². The second-order valence-electron chi connectivity index (χ2n) is 4.95. The first-order valence-electron chi connectivity index (χ1n) is 8.43. The Morgan fingerprint density at radius 1 is 1.14 bits per heavy atom. The van der Waals surface area contributed by atoms with Gasteiger partial charge in [0.25, 0.3) is 0 Å². The highest BCUT2D eigenvalue weighted by Gasteiger charge is 2.19. The van der Waals surface area contributed by atoms with Gasteiger partial charge in [0.2, 0.25) is 0 Å². The molecule has 0 saturated carbocycles. The molecule has 0 bridgehead atoms. The lowest BCUT2D eigenvalue weighted by atomic mass is 10.1. The van der Waals surface area contributed by atoms with E-state index in [1.54, 1.807) is 0 Å². The largest absolute Gasteiger partial charge is 0.356 e. The lowest BCUT2D eigenvalue weighted by molar-refractivity contribution is -0.0366. The van der Waals surface area contributed by atoms with Gasteiger partial charge in [0, 0.05) is 17.0 Å². The molecule has 1 fully saturated rings.